The maximum absolute atomic E-state index is 11.9. The second kappa shape index (κ2) is 6.99. The number of carbonyl (C=O) groups excluding carboxylic acids is 1. The Morgan fingerprint density at radius 1 is 1.21 bits per heavy atom. The number of nitrogens with one attached hydrogen (secondary N) is 2. The van der Waals surface area contributed by atoms with Crippen LogP contribution in [-0.4, -0.2) is 33.2 Å². The molecule has 1 rings (SSSR count). The van der Waals surface area contributed by atoms with Crippen LogP contribution >= 0.6 is 0 Å². The van der Waals surface area contributed by atoms with Gasteiger partial charge in [0, 0.05) is 5.56 Å². The molecule has 0 spiro atoms. The van der Waals surface area contributed by atoms with E-state index < -0.39 is 0 Å². The van der Waals surface area contributed by atoms with E-state index in [2.05, 4.69) is 10.6 Å². The quantitative estimate of drug-likeness (QED) is 0.819. The highest BCUT2D eigenvalue weighted by atomic mass is 16.5. The van der Waals surface area contributed by atoms with Crippen LogP contribution in [0.1, 0.15) is 25.5 Å². The van der Waals surface area contributed by atoms with E-state index in [0.29, 0.717) is 0 Å². The summed E-state index contributed by atoms with van der Waals surface area (Å²) in [4.78, 5) is 11.9. The van der Waals surface area contributed by atoms with Gasteiger partial charge in [0.25, 0.3) is 0 Å². The summed E-state index contributed by atoms with van der Waals surface area (Å²) >= 11 is 0. The molecule has 0 radical (unpaired) electrons. The molecule has 2 unspecified atom stereocenters. The summed E-state index contributed by atoms with van der Waals surface area (Å²) < 4.78 is 10.5. The molecule has 0 aliphatic heterocycles. The molecule has 0 aromatic heterocycles. The zero-order valence-electron chi connectivity index (χ0n) is 12.1. The standard InChI is InChI=1S/C14H22N2O3/c1-9(16-14(17)10(2)15-3)12-8-11(18-4)6-7-13(12)19-5/h6-10,15H,1-5H3,(H,16,17). The number of hydrogen-bond acceptors (Lipinski definition) is 4. The maximum atomic E-state index is 11.9. The number of likely N-dealkylation sites (N-methyl/N-ethyl adjacent to an activating group) is 1. The van der Waals surface area contributed by atoms with E-state index in [9.17, 15) is 4.79 Å². The van der Waals surface area contributed by atoms with Gasteiger partial charge in [-0.2, -0.15) is 0 Å². The van der Waals surface area contributed by atoms with Crippen LogP contribution in [0.15, 0.2) is 18.2 Å². The minimum Gasteiger partial charge on any atom is -0.497 e. The Morgan fingerprint density at radius 2 is 1.89 bits per heavy atom. The normalized spacial score (nSPS) is 13.5. The van der Waals surface area contributed by atoms with Crippen molar-refractivity contribution in [1.29, 1.82) is 0 Å². The van der Waals surface area contributed by atoms with Crippen molar-refractivity contribution >= 4 is 5.91 Å². The lowest BCUT2D eigenvalue weighted by Gasteiger charge is -2.20. The van der Waals surface area contributed by atoms with Gasteiger partial charge in [-0.05, 0) is 39.1 Å². The van der Waals surface area contributed by atoms with Crippen molar-refractivity contribution in [3.63, 3.8) is 0 Å². The second-order valence-electron chi connectivity index (χ2n) is 4.35. The van der Waals surface area contributed by atoms with Gasteiger partial charge in [0.1, 0.15) is 11.5 Å². The molecule has 5 nitrogen and oxygen atoms in total. The van der Waals surface area contributed by atoms with Gasteiger partial charge in [-0.25, -0.2) is 0 Å². The molecule has 0 saturated carbocycles. The van der Waals surface area contributed by atoms with Gasteiger partial charge < -0.3 is 20.1 Å². The number of hydrogen-bond donors (Lipinski definition) is 2. The molecule has 1 amide bonds. The highest BCUT2D eigenvalue weighted by Gasteiger charge is 2.17. The third kappa shape index (κ3) is 3.86. The molecule has 0 aliphatic carbocycles. The molecule has 0 bridgehead atoms. The van der Waals surface area contributed by atoms with Gasteiger partial charge >= 0.3 is 0 Å². The number of carbonyl (C=O) groups is 1. The van der Waals surface area contributed by atoms with E-state index in [1.54, 1.807) is 21.3 Å². The van der Waals surface area contributed by atoms with Crippen molar-refractivity contribution in [2.45, 2.75) is 25.9 Å². The van der Waals surface area contributed by atoms with Crippen LogP contribution in [0.3, 0.4) is 0 Å². The van der Waals surface area contributed by atoms with Gasteiger partial charge in [-0.3, -0.25) is 4.79 Å². The van der Waals surface area contributed by atoms with E-state index in [-0.39, 0.29) is 18.0 Å². The summed E-state index contributed by atoms with van der Waals surface area (Å²) in [5.74, 6) is 1.41. The minimum absolute atomic E-state index is 0.0557. The smallest absolute Gasteiger partial charge is 0.237 e. The summed E-state index contributed by atoms with van der Waals surface area (Å²) in [6, 6.07) is 5.13. The maximum Gasteiger partial charge on any atom is 0.237 e. The number of benzene rings is 1. The van der Waals surface area contributed by atoms with E-state index in [4.69, 9.17) is 9.47 Å². The molecule has 1 aromatic rings. The molecule has 0 fully saturated rings. The first kappa shape index (κ1) is 15.3. The average Bonchev–Trinajstić information content (AvgIpc) is 2.45. The van der Waals surface area contributed by atoms with Crippen LogP contribution in [0, 0.1) is 0 Å². The van der Waals surface area contributed by atoms with Gasteiger partial charge in [0.2, 0.25) is 5.91 Å². The number of rotatable bonds is 6. The molecule has 2 atom stereocenters. The second-order valence-corrected chi connectivity index (χ2v) is 4.35. The summed E-state index contributed by atoms with van der Waals surface area (Å²) in [5, 5.41) is 5.84. The zero-order chi connectivity index (χ0) is 14.4. The van der Waals surface area contributed by atoms with Gasteiger partial charge in [0.15, 0.2) is 0 Å². The molecule has 1 aromatic carbocycles. The third-order valence-electron chi connectivity index (χ3n) is 3.09. The summed E-state index contributed by atoms with van der Waals surface area (Å²) in [6.07, 6.45) is 0. The lowest BCUT2D eigenvalue weighted by atomic mass is 10.1. The van der Waals surface area contributed by atoms with E-state index >= 15 is 0 Å². The Hall–Kier alpha value is -1.75. The first-order valence-electron chi connectivity index (χ1n) is 6.23. The topological polar surface area (TPSA) is 59.6 Å². The molecule has 5 heteroatoms. The van der Waals surface area contributed by atoms with Crippen LogP contribution in [-0.2, 0) is 4.79 Å². The van der Waals surface area contributed by atoms with Crippen LogP contribution < -0.4 is 20.1 Å². The summed E-state index contributed by atoms with van der Waals surface area (Å²) in [7, 11) is 4.97. The first-order chi connectivity index (χ1) is 9.03. The molecule has 19 heavy (non-hydrogen) atoms. The third-order valence-corrected chi connectivity index (χ3v) is 3.09. The van der Waals surface area contributed by atoms with Crippen molar-refractivity contribution in [3.8, 4) is 11.5 Å². The SMILES string of the molecule is CNC(C)C(=O)NC(C)c1cc(OC)ccc1OC. The predicted octanol–water partition coefficient (Wildman–Crippen LogP) is 1.49. The summed E-state index contributed by atoms with van der Waals surface area (Å²) in [5.41, 5.74) is 0.888. The molecule has 0 saturated heterocycles. The fraction of sp³-hybridized carbons (Fsp3) is 0.500. The van der Waals surface area contributed by atoms with Crippen LogP contribution in [0.25, 0.3) is 0 Å². The van der Waals surface area contributed by atoms with E-state index in [0.717, 1.165) is 17.1 Å². The first-order valence-corrected chi connectivity index (χ1v) is 6.23. The van der Waals surface area contributed by atoms with E-state index in [1.165, 1.54) is 0 Å². The molecule has 0 aliphatic rings. The Morgan fingerprint density at radius 3 is 2.42 bits per heavy atom. The fourth-order valence-corrected chi connectivity index (χ4v) is 1.73. The minimum atomic E-state index is -0.237. The van der Waals surface area contributed by atoms with Gasteiger partial charge in [0.05, 0.1) is 26.3 Å². The number of methoxy groups -OCH3 is 2. The van der Waals surface area contributed by atoms with Crippen molar-refractivity contribution in [2.75, 3.05) is 21.3 Å². The lowest BCUT2D eigenvalue weighted by molar-refractivity contribution is -0.123. The van der Waals surface area contributed by atoms with Crippen LogP contribution in [0.4, 0.5) is 0 Å². The van der Waals surface area contributed by atoms with Crippen LogP contribution in [0.2, 0.25) is 0 Å². The zero-order valence-corrected chi connectivity index (χ0v) is 12.1. The van der Waals surface area contributed by atoms with Crippen molar-refractivity contribution in [1.82, 2.24) is 10.6 Å². The molecule has 2 N–H and O–H groups in total. The molecule has 0 heterocycles. The monoisotopic (exact) mass is 266 g/mol. The molecule has 106 valence electrons. The van der Waals surface area contributed by atoms with Gasteiger partial charge in [-0.1, -0.05) is 0 Å². The average molecular weight is 266 g/mol. The lowest BCUT2D eigenvalue weighted by Crippen LogP contribution is -2.41. The fourth-order valence-electron chi connectivity index (χ4n) is 1.73. The number of amides is 1. The van der Waals surface area contributed by atoms with Crippen molar-refractivity contribution in [3.05, 3.63) is 23.8 Å². The largest absolute Gasteiger partial charge is 0.497 e. The Balaban J connectivity index is 2.91. The molecular formula is C14H22N2O3. The van der Waals surface area contributed by atoms with E-state index in [1.807, 2.05) is 32.0 Å². The Bertz CT molecular complexity index is 435. The van der Waals surface area contributed by atoms with Crippen molar-refractivity contribution < 1.29 is 14.3 Å². The Labute approximate surface area is 114 Å². The highest BCUT2D eigenvalue weighted by molar-refractivity contribution is 5.81. The molecular weight excluding hydrogens is 244 g/mol. The van der Waals surface area contributed by atoms with Crippen molar-refractivity contribution in [2.24, 2.45) is 0 Å². The predicted molar refractivity (Wildman–Crippen MR) is 74.6 cm³/mol. The number of ether oxygens (including phenoxy) is 2. The summed E-state index contributed by atoms with van der Waals surface area (Å²) in [6.45, 7) is 3.72. The van der Waals surface area contributed by atoms with Crippen LogP contribution in [0.5, 0.6) is 11.5 Å². The highest BCUT2D eigenvalue weighted by Crippen LogP contribution is 2.29. The Kier molecular flexibility index (Phi) is 5.63. The van der Waals surface area contributed by atoms with Gasteiger partial charge in [-0.15, -0.1) is 0 Å².